The van der Waals surface area contributed by atoms with E-state index in [1.807, 2.05) is 0 Å². The fourth-order valence-corrected chi connectivity index (χ4v) is 3.36. The van der Waals surface area contributed by atoms with Gasteiger partial charge < -0.3 is 10.2 Å². The zero-order valence-corrected chi connectivity index (χ0v) is 16.1. The van der Waals surface area contributed by atoms with E-state index in [1.54, 1.807) is 22.8 Å². The van der Waals surface area contributed by atoms with E-state index in [1.165, 1.54) is 18.3 Å². The van der Waals surface area contributed by atoms with Crippen LogP contribution in [0.4, 0.5) is 13.2 Å². The van der Waals surface area contributed by atoms with Crippen molar-refractivity contribution in [1.82, 2.24) is 20.0 Å². The molecule has 9 heteroatoms. The number of hydrogen-bond acceptors (Lipinski definition) is 3. The molecule has 1 saturated heterocycles. The Labute approximate surface area is 166 Å². The summed E-state index contributed by atoms with van der Waals surface area (Å²) in [7, 11) is 1.74. The normalized spacial score (nSPS) is 15.4. The average molecular weight is 408 g/mol. The van der Waals surface area contributed by atoms with Gasteiger partial charge in [0.15, 0.2) is 0 Å². The van der Waals surface area contributed by atoms with Crippen LogP contribution in [0.25, 0.3) is 0 Å². The van der Waals surface area contributed by atoms with Crippen LogP contribution >= 0.6 is 0 Å². The molecule has 2 aromatic rings. The van der Waals surface area contributed by atoms with Crippen LogP contribution in [-0.2, 0) is 24.4 Å². The number of rotatable bonds is 5. The van der Waals surface area contributed by atoms with Crippen molar-refractivity contribution in [2.45, 2.75) is 25.4 Å². The van der Waals surface area contributed by atoms with E-state index >= 15 is 0 Å². The minimum absolute atomic E-state index is 0.0839. The highest BCUT2D eigenvalue weighted by Crippen LogP contribution is 2.29. The molecule has 1 aliphatic heterocycles. The van der Waals surface area contributed by atoms with E-state index in [0.29, 0.717) is 30.8 Å². The summed E-state index contributed by atoms with van der Waals surface area (Å²) in [6.45, 7) is 1.69. The number of benzene rings is 1. The SMILES string of the molecule is Cn1cc(C(=O)NCC2CCN(C(=O)Cc3ccc(C(F)(F)F)cc3)CC2)cn1. The molecule has 6 nitrogen and oxygen atoms in total. The van der Waals surface area contributed by atoms with Crippen LogP contribution in [0.1, 0.15) is 34.3 Å². The molecule has 1 N–H and O–H groups in total. The van der Waals surface area contributed by atoms with Gasteiger partial charge in [-0.3, -0.25) is 14.3 Å². The van der Waals surface area contributed by atoms with E-state index in [-0.39, 0.29) is 24.2 Å². The molecule has 3 rings (SSSR count). The highest BCUT2D eigenvalue weighted by Gasteiger charge is 2.30. The summed E-state index contributed by atoms with van der Waals surface area (Å²) >= 11 is 0. The van der Waals surface area contributed by atoms with Crippen molar-refractivity contribution in [1.29, 1.82) is 0 Å². The fourth-order valence-electron chi connectivity index (χ4n) is 3.36. The topological polar surface area (TPSA) is 67.2 Å². The van der Waals surface area contributed by atoms with Crippen molar-refractivity contribution >= 4 is 11.8 Å². The van der Waals surface area contributed by atoms with Crippen LogP contribution in [0.2, 0.25) is 0 Å². The maximum atomic E-state index is 12.6. The van der Waals surface area contributed by atoms with Gasteiger partial charge in [0.25, 0.3) is 5.91 Å². The third-order valence-electron chi connectivity index (χ3n) is 5.12. The molecule has 2 amide bonds. The van der Waals surface area contributed by atoms with Gasteiger partial charge in [-0.25, -0.2) is 0 Å². The molecule has 1 fully saturated rings. The minimum Gasteiger partial charge on any atom is -0.352 e. The zero-order valence-electron chi connectivity index (χ0n) is 16.1. The quantitative estimate of drug-likeness (QED) is 0.827. The second-order valence-electron chi connectivity index (χ2n) is 7.31. The second kappa shape index (κ2) is 8.67. The molecule has 29 heavy (non-hydrogen) atoms. The van der Waals surface area contributed by atoms with Gasteiger partial charge in [-0.1, -0.05) is 12.1 Å². The summed E-state index contributed by atoms with van der Waals surface area (Å²) in [6.07, 6.45) is 0.408. The molecule has 1 aromatic heterocycles. The Morgan fingerprint density at radius 2 is 1.83 bits per heavy atom. The fraction of sp³-hybridized carbons (Fsp3) is 0.450. The minimum atomic E-state index is -4.38. The summed E-state index contributed by atoms with van der Waals surface area (Å²) in [6, 6.07) is 4.70. The van der Waals surface area contributed by atoms with Crippen molar-refractivity contribution in [2.24, 2.45) is 13.0 Å². The Morgan fingerprint density at radius 3 is 2.38 bits per heavy atom. The van der Waals surface area contributed by atoms with E-state index in [2.05, 4.69) is 10.4 Å². The first-order chi connectivity index (χ1) is 13.7. The number of nitrogens with zero attached hydrogens (tertiary/aromatic N) is 3. The van der Waals surface area contributed by atoms with Gasteiger partial charge in [-0.05, 0) is 36.5 Å². The van der Waals surface area contributed by atoms with Crippen LogP contribution < -0.4 is 5.32 Å². The van der Waals surface area contributed by atoms with E-state index < -0.39 is 11.7 Å². The molecule has 0 atom stereocenters. The summed E-state index contributed by atoms with van der Waals surface area (Å²) < 4.78 is 39.4. The molecule has 1 aliphatic rings. The number of alkyl halides is 3. The number of carbonyl (C=O) groups is 2. The lowest BCUT2D eigenvalue weighted by molar-refractivity contribution is -0.137. The van der Waals surface area contributed by atoms with Gasteiger partial charge in [-0.15, -0.1) is 0 Å². The maximum Gasteiger partial charge on any atom is 0.416 e. The Hall–Kier alpha value is -2.84. The van der Waals surface area contributed by atoms with Gasteiger partial charge in [0.1, 0.15) is 0 Å². The van der Waals surface area contributed by atoms with Crippen molar-refractivity contribution in [2.75, 3.05) is 19.6 Å². The van der Waals surface area contributed by atoms with Crippen LogP contribution in [-0.4, -0.2) is 46.1 Å². The van der Waals surface area contributed by atoms with Crippen LogP contribution in [0.5, 0.6) is 0 Å². The van der Waals surface area contributed by atoms with Crippen LogP contribution in [0.3, 0.4) is 0 Å². The first kappa shape index (κ1) is 20.9. The summed E-state index contributed by atoms with van der Waals surface area (Å²) in [4.78, 5) is 26.2. The van der Waals surface area contributed by atoms with Crippen molar-refractivity contribution in [3.8, 4) is 0 Å². The number of aromatic nitrogens is 2. The number of carbonyl (C=O) groups excluding carboxylic acids is 2. The largest absolute Gasteiger partial charge is 0.416 e. The molecule has 156 valence electrons. The van der Waals surface area contributed by atoms with Gasteiger partial charge in [0, 0.05) is 32.9 Å². The van der Waals surface area contributed by atoms with Crippen molar-refractivity contribution < 1.29 is 22.8 Å². The highest BCUT2D eigenvalue weighted by atomic mass is 19.4. The molecular weight excluding hydrogens is 385 g/mol. The van der Waals surface area contributed by atoms with Crippen LogP contribution in [0.15, 0.2) is 36.7 Å². The number of aryl methyl sites for hydroxylation is 1. The predicted octanol–water partition coefficient (Wildman–Crippen LogP) is 2.65. The molecule has 0 bridgehead atoms. The van der Waals surface area contributed by atoms with Gasteiger partial charge >= 0.3 is 6.18 Å². The Kier molecular flexibility index (Phi) is 6.24. The molecule has 0 saturated carbocycles. The molecule has 0 spiro atoms. The molecule has 0 aliphatic carbocycles. The Bertz CT molecular complexity index is 853. The number of amides is 2. The Balaban J connectivity index is 1.43. The van der Waals surface area contributed by atoms with Gasteiger partial charge in [0.05, 0.1) is 23.7 Å². The maximum absolute atomic E-state index is 12.6. The summed E-state index contributed by atoms with van der Waals surface area (Å²) in [5.41, 5.74) is 0.355. The smallest absolute Gasteiger partial charge is 0.352 e. The Morgan fingerprint density at radius 1 is 1.17 bits per heavy atom. The molecular formula is C20H23F3N4O2. The number of likely N-dealkylation sites (tertiary alicyclic amines) is 1. The van der Waals surface area contributed by atoms with Gasteiger partial charge in [-0.2, -0.15) is 18.3 Å². The van der Waals surface area contributed by atoms with Crippen molar-refractivity contribution in [3.05, 3.63) is 53.3 Å². The number of halogens is 3. The lowest BCUT2D eigenvalue weighted by Crippen LogP contribution is -2.42. The molecule has 0 radical (unpaired) electrons. The second-order valence-corrected chi connectivity index (χ2v) is 7.31. The van der Waals surface area contributed by atoms with Gasteiger partial charge in [0.2, 0.25) is 5.91 Å². The summed E-state index contributed by atoms with van der Waals surface area (Å²) in [5.74, 6) is 0.0206. The first-order valence-corrected chi connectivity index (χ1v) is 9.43. The molecule has 2 heterocycles. The highest BCUT2D eigenvalue weighted by molar-refractivity contribution is 5.93. The van der Waals surface area contributed by atoms with Crippen LogP contribution in [0, 0.1) is 5.92 Å². The zero-order chi connectivity index (χ0) is 21.0. The first-order valence-electron chi connectivity index (χ1n) is 9.43. The molecule has 0 unspecified atom stereocenters. The summed E-state index contributed by atoms with van der Waals surface area (Å²) in [5, 5.41) is 6.86. The average Bonchev–Trinajstić information content (AvgIpc) is 3.12. The number of nitrogens with one attached hydrogen (secondary N) is 1. The van der Waals surface area contributed by atoms with E-state index in [0.717, 1.165) is 25.0 Å². The standard InChI is InChI=1S/C20H23F3N4O2/c1-26-13-16(12-25-26)19(29)24-11-15-6-8-27(9-7-15)18(28)10-14-2-4-17(5-3-14)20(21,22)23/h2-5,12-13,15H,6-11H2,1H3,(H,24,29). The lowest BCUT2D eigenvalue weighted by Gasteiger charge is -2.32. The number of piperidine rings is 1. The van der Waals surface area contributed by atoms with E-state index in [4.69, 9.17) is 0 Å². The monoisotopic (exact) mass is 408 g/mol. The number of hydrogen-bond donors (Lipinski definition) is 1. The third-order valence-corrected chi connectivity index (χ3v) is 5.12. The van der Waals surface area contributed by atoms with Crippen molar-refractivity contribution in [3.63, 3.8) is 0 Å². The molecule has 1 aromatic carbocycles. The van der Waals surface area contributed by atoms with E-state index in [9.17, 15) is 22.8 Å². The predicted molar refractivity (Wildman–Crippen MR) is 100.0 cm³/mol. The third kappa shape index (κ3) is 5.58. The lowest BCUT2D eigenvalue weighted by atomic mass is 9.96.